The van der Waals surface area contributed by atoms with Gasteiger partial charge in [-0.15, -0.1) is 0 Å². The van der Waals surface area contributed by atoms with Crippen molar-refractivity contribution in [1.29, 1.82) is 0 Å². The molecule has 0 aliphatic carbocycles. The molecular weight excluding hydrogens is 322 g/mol. The molecule has 2 rings (SSSR count). The lowest BCUT2D eigenvalue weighted by atomic mass is 9.85. The van der Waals surface area contributed by atoms with Crippen LogP contribution in [0.4, 0.5) is 5.69 Å². The smallest absolute Gasteiger partial charge is 0.224 e. The molecule has 1 heterocycles. The second-order valence-corrected chi connectivity index (χ2v) is 6.26. The standard InChI is InChI=1S/C15H18BrNO3/c1-5-20-10-6-7-12-11(8-10)13(19)14(16)15(3,4)17(12)9(2)18/h6-8,14H,5H2,1-4H3. The van der Waals surface area contributed by atoms with Gasteiger partial charge in [-0.2, -0.15) is 0 Å². The van der Waals surface area contributed by atoms with Gasteiger partial charge in [-0.1, -0.05) is 15.9 Å². The van der Waals surface area contributed by atoms with E-state index < -0.39 is 10.4 Å². The van der Waals surface area contributed by atoms with Gasteiger partial charge >= 0.3 is 0 Å². The normalized spacial score (nSPS) is 20.6. The number of nitrogens with zero attached hydrogens (tertiary/aromatic N) is 1. The molecule has 5 heteroatoms. The molecule has 20 heavy (non-hydrogen) atoms. The Labute approximate surface area is 127 Å². The van der Waals surface area contributed by atoms with Crippen LogP contribution >= 0.6 is 15.9 Å². The topological polar surface area (TPSA) is 46.6 Å². The SMILES string of the molecule is CCOc1ccc2c(c1)C(=O)C(Br)C(C)(C)N2C(C)=O. The van der Waals surface area contributed by atoms with Crippen molar-refractivity contribution in [3.8, 4) is 5.75 Å². The lowest BCUT2D eigenvalue weighted by Crippen LogP contribution is -2.58. The Morgan fingerprint density at radius 1 is 1.45 bits per heavy atom. The number of rotatable bonds is 2. The van der Waals surface area contributed by atoms with Gasteiger partial charge in [-0.05, 0) is 39.0 Å². The summed E-state index contributed by atoms with van der Waals surface area (Å²) in [6.07, 6.45) is 0. The summed E-state index contributed by atoms with van der Waals surface area (Å²) < 4.78 is 5.43. The fourth-order valence-corrected chi connectivity index (χ4v) is 3.07. The van der Waals surface area contributed by atoms with Crippen molar-refractivity contribution in [2.75, 3.05) is 11.5 Å². The van der Waals surface area contributed by atoms with Crippen molar-refractivity contribution in [3.63, 3.8) is 0 Å². The molecule has 0 saturated heterocycles. The maximum atomic E-state index is 12.5. The monoisotopic (exact) mass is 339 g/mol. The van der Waals surface area contributed by atoms with E-state index in [0.29, 0.717) is 23.6 Å². The lowest BCUT2D eigenvalue weighted by molar-refractivity contribution is -0.117. The zero-order valence-electron chi connectivity index (χ0n) is 12.1. The van der Waals surface area contributed by atoms with Crippen molar-refractivity contribution in [1.82, 2.24) is 0 Å². The van der Waals surface area contributed by atoms with Gasteiger partial charge in [-0.25, -0.2) is 0 Å². The molecule has 1 aromatic rings. The first-order valence-electron chi connectivity index (χ1n) is 6.56. The predicted octanol–water partition coefficient (Wildman–Crippen LogP) is 3.18. The van der Waals surface area contributed by atoms with Crippen LogP contribution < -0.4 is 9.64 Å². The first-order valence-corrected chi connectivity index (χ1v) is 7.48. The van der Waals surface area contributed by atoms with Crippen LogP contribution in [0.3, 0.4) is 0 Å². The fraction of sp³-hybridized carbons (Fsp3) is 0.467. The molecule has 1 unspecified atom stereocenters. The Balaban J connectivity index is 2.62. The third-order valence-corrected chi connectivity index (χ3v) is 5.06. The molecule has 1 aliphatic heterocycles. The Morgan fingerprint density at radius 3 is 2.65 bits per heavy atom. The van der Waals surface area contributed by atoms with Gasteiger partial charge in [0, 0.05) is 12.5 Å². The fourth-order valence-electron chi connectivity index (χ4n) is 2.62. The number of anilines is 1. The molecule has 4 nitrogen and oxygen atoms in total. The molecular formula is C15H18BrNO3. The quantitative estimate of drug-likeness (QED) is 0.777. The molecule has 1 aliphatic rings. The number of amides is 1. The van der Waals surface area contributed by atoms with E-state index in [1.54, 1.807) is 23.1 Å². The van der Waals surface area contributed by atoms with Gasteiger partial charge in [0.2, 0.25) is 5.91 Å². The van der Waals surface area contributed by atoms with Gasteiger partial charge in [0.05, 0.1) is 17.8 Å². The highest BCUT2D eigenvalue weighted by molar-refractivity contribution is 9.10. The summed E-state index contributed by atoms with van der Waals surface area (Å²) >= 11 is 3.43. The highest BCUT2D eigenvalue weighted by Gasteiger charge is 2.46. The third-order valence-electron chi connectivity index (χ3n) is 3.53. The Morgan fingerprint density at radius 2 is 2.10 bits per heavy atom. The minimum Gasteiger partial charge on any atom is -0.494 e. The number of ketones is 1. The zero-order chi connectivity index (χ0) is 15.1. The second-order valence-electron chi connectivity index (χ2n) is 5.35. The third kappa shape index (κ3) is 2.24. The van der Waals surface area contributed by atoms with Crippen LogP contribution in [0.5, 0.6) is 5.75 Å². The molecule has 0 bridgehead atoms. The van der Waals surface area contributed by atoms with E-state index in [2.05, 4.69) is 15.9 Å². The van der Waals surface area contributed by atoms with Crippen LogP contribution in [0.25, 0.3) is 0 Å². The van der Waals surface area contributed by atoms with Crippen LogP contribution in [-0.4, -0.2) is 28.7 Å². The van der Waals surface area contributed by atoms with Gasteiger partial charge in [0.25, 0.3) is 0 Å². The van der Waals surface area contributed by atoms with Gasteiger partial charge in [0.1, 0.15) is 10.6 Å². The van der Waals surface area contributed by atoms with Crippen molar-refractivity contribution < 1.29 is 14.3 Å². The van der Waals surface area contributed by atoms with Gasteiger partial charge < -0.3 is 9.64 Å². The first kappa shape index (κ1) is 15.0. The molecule has 1 amide bonds. The van der Waals surface area contributed by atoms with Crippen molar-refractivity contribution in [2.24, 2.45) is 0 Å². The lowest BCUT2D eigenvalue weighted by Gasteiger charge is -2.45. The highest BCUT2D eigenvalue weighted by atomic mass is 79.9. The number of benzene rings is 1. The summed E-state index contributed by atoms with van der Waals surface area (Å²) in [6, 6.07) is 5.27. The summed E-state index contributed by atoms with van der Waals surface area (Å²) in [4.78, 5) is 25.7. The maximum absolute atomic E-state index is 12.5. The molecule has 0 saturated carbocycles. The van der Waals surface area contributed by atoms with Crippen LogP contribution in [0.1, 0.15) is 38.1 Å². The van der Waals surface area contributed by atoms with Gasteiger partial charge in [0.15, 0.2) is 5.78 Å². The van der Waals surface area contributed by atoms with Crippen LogP contribution in [0, 0.1) is 0 Å². The van der Waals surface area contributed by atoms with E-state index in [1.165, 1.54) is 6.92 Å². The highest BCUT2D eigenvalue weighted by Crippen LogP contribution is 2.41. The summed E-state index contributed by atoms with van der Waals surface area (Å²) in [5, 5.41) is 0. The number of ether oxygens (including phenoxy) is 1. The van der Waals surface area contributed by atoms with Crippen molar-refractivity contribution >= 4 is 33.3 Å². The van der Waals surface area contributed by atoms with E-state index >= 15 is 0 Å². The maximum Gasteiger partial charge on any atom is 0.224 e. The summed E-state index contributed by atoms with van der Waals surface area (Å²) in [5.74, 6) is 0.531. The van der Waals surface area contributed by atoms with E-state index in [4.69, 9.17) is 4.74 Å². The number of carbonyl (C=O) groups excluding carboxylic acids is 2. The number of hydrogen-bond donors (Lipinski definition) is 0. The second kappa shape index (κ2) is 5.20. The number of alkyl halides is 1. The Kier molecular flexibility index (Phi) is 3.91. The van der Waals surface area contributed by atoms with E-state index in [1.807, 2.05) is 20.8 Å². The first-order chi connectivity index (χ1) is 9.30. The molecule has 1 atom stereocenters. The number of halogens is 1. The van der Waals surface area contributed by atoms with E-state index in [-0.39, 0.29) is 11.7 Å². The number of carbonyl (C=O) groups is 2. The molecule has 0 N–H and O–H groups in total. The zero-order valence-corrected chi connectivity index (χ0v) is 13.7. The summed E-state index contributed by atoms with van der Waals surface area (Å²) in [7, 11) is 0. The Hall–Kier alpha value is -1.36. The average Bonchev–Trinajstić information content (AvgIpc) is 2.37. The van der Waals surface area contributed by atoms with E-state index in [0.717, 1.165) is 0 Å². The molecule has 108 valence electrons. The largest absolute Gasteiger partial charge is 0.494 e. The molecule has 0 spiro atoms. The molecule has 0 fully saturated rings. The number of fused-ring (bicyclic) bond motifs is 1. The van der Waals surface area contributed by atoms with Crippen LogP contribution in [0.15, 0.2) is 18.2 Å². The van der Waals surface area contributed by atoms with Gasteiger partial charge in [-0.3, -0.25) is 9.59 Å². The number of hydrogen-bond acceptors (Lipinski definition) is 3. The minimum absolute atomic E-state index is 0.0240. The Bertz CT molecular complexity index is 568. The average molecular weight is 340 g/mol. The minimum atomic E-state index is -0.608. The van der Waals surface area contributed by atoms with Crippen molar-refractivity contribution in [3.05, 3.63) is 23.8 Å². The molecule has 1 aromatic carbocycles. The van der Waals surface area contributed by atoms with E-state index in [9.17, 15) is 9.59 Å². The molecule has 0 aromatic heterocycles. The molecule has 0 radical (unpaired) electrons. The summed E-state index contributed by atoms with van der Waals surface area (Å²) in [6.45, 7) is 7.69. The van der Waals surface area contributed by atoms with Crippen LogP contribution in [-0.2, 0) is 4.79 Å². The predicted molar refractivity (Wildman–Crippen MR) is 81.9 cm³/mol. The van der Waals surface area contributed by atoms with Crippen molar-refractivity contribution in [2.45, 2.75) is 38.1 Å². The van der Waals surface area contributed by atoms with Crippen LogP contribution in [0.2, 0.25) is 0 Å². The summed E-state index contributed by atoms with van der Waals surface area (Å²) in [5.41, 5.74) is 0.558. The number of Topliss-reactive ketones (excluding diaryl/α,β-unsaturated/α-hetero) is 1.